The monoisotopic (exact) mass is 283 g/mol. The average molecular weight is 283 g/mol. The topological polar surface area (TPSA) is 111 Å². The molecule has 100 valence electrons. The van der Waals surface area contributed by atoms with Gasteiger partial charge in [-0.3, -0.25) is 0 Å². The van der Waals surface area contributed by atoms with Crippen LogP contribution >= 0.6 is 12.2 Å². The molecule has 1 atom stereocenters. The first-order valence-corrected chi connectivity index (χ1v) is 6.80. The lowest BCUT2D eigenvalue weighted by atomic mass is 10.3. The first-order chi connectivity index (χ1) is 7.62. The summed E-state index contributed by atoms with van der Waals surface area (Å²) >= 11 is 4.64. The molecule has 0 fully saturated rings. The number of nitrogens with two attached hydrogens (primary N) is 1. The van der Waals surface area contributed by atoms with E-state index in [1.807, 2.05) is 0 Å². The summed E-state index contributed by atoms with van der Waals surface area (Å²) in [5.41, 5.74) is 5.26. The second-order valence-electron chi connectivity index (χ2n) is 3.75. The van der Waals surface area contributed by atoms with E-state index in [0.717, 1.165) is 0 Å². The van der Waals surface area contributed by atoms with Gasteiger partial charge in [0.1, 0.15) is 0 Å². The van der Waals surface area contributed by atoms with Crippen molar-refractivity contribution in [3.63, 3.8) is 0 Å². The van der Waals surface area contributed by atoms with Crippen molar-refractivity contribution in [3.05, 3.63) is 0 Å². The molecule has 0 bridgehead atoms. The van der Waals surface area contributed by atoms with Crippen LogP contribution in [0.2, 0.25) is 0 Å². The number of rotatable bonds is 6. The standard InChI is InChI=1S/C8H17N3O4S2/c1-5(2)15-8(12)11-17(13,14)10-6(3)4-7(9)16/h5-6,10H,4H2,1-3H3,(H2,9,16)(H,11,12). The smallest absolute Gasteiger partial charge is 0.422 e. The molecule has 0 aliphatic carbocycles. The van der Waals surface area contributed by atoms with Crippen molar-refractivity contribution in [2.45, 2.75) is 39.3 Å². The van der Waals surface area contributed by atoms with Gasteiger partial charge in [-0.25, -0.2) is 9.52 Å². The van der Waals surface area contributed by atoms with Gasteiger partial charge in [0.2, 0.25) is 0 Å². The lowest BCUT2D eigenvalue weighted by molar-refractivity contribution is 0.121. The van der Waals surface area contributed by atoms with E-state index in [0.29, 0.717) is 0 Å². The number of ether oxygens (including phenoxy) is 1. The largest absolute Gasteiger partial charge is 0.446 e. The maximum Gasteiger partial charge on any atom is 0.422 e. The summed E-state index contributed by atoms with van der Waals surface area (Å²) in [5, 5.41) is 0. The zero-order valence-corrected chi connectivity index (χ0v) is 11.5. The average Bonchev–Trinajstić information content (AvgIpc) is 1.95. The summed E-state index contributed by atoms with van der Waals surface area (Å²) in [4.78, 5) is 11.3. The molecular formula is C8H17N3O4S2. The fourth-order valence-electron chi connectivity index (χ4n) is 0.986. The number of hydrogen-bond acceptors (Lipinski definition) is 5. The van der Waals surface area contributed by atoms with Crippen LogP contribution in [-0.2, 0) is 14.9 Å². The molecule has 1 amide bonds. The van der Waals surface area contributed by atoms with E-state index in [1.54, 1.807) is 25.5 Å². The molecule has 0 rings (SSSR count). The Kier molecular flexibility index (Phi) is 6.35. The van der Waals surface area contributed by atoms with Gasteiger partial charge < -0.3 is 10.5 Å². The van der Waals surface area contributed by atoms with Crippen molar-refractivity contribution in [2.75, 3.05) is 0 Å². The van der Waals surface area contributed by atoms with Crippen LogP contribution in [0, 0.1) is 0 Å². The van der Waals surface area contributed by atoms with E-state index in [-0.39, 0.29) is 11.4 Å². The fraction of sp³-hybridized carbons (Fsp3) is 0.750. The highest BCUT2D eigenvalue weighted by Gasteiger charge is 2.19. The first kappa shape index (κ1) is 16.1. The summed E-state index contributed by atoms with van der Waals surface area (Å²) in [6.07, 6.45) is -1.23. The highest BCUT2D eigenvalue weighted by atomic mass is 32.2. The number of carbonyl (C=O) groups is 1. The minimum Gasteiger partial charge on any atom is -0.446 e. The Bertz CT molecular complexity index is 380. The molecule has 0 aliphatic heterocycles. The van der Waals surface area contributed by atoms with Gasteiger partial charge in [-0.2, -0.15) is 13.1 Å². The predicted molar refractivity (Wildman–Crippen MR) is 67.7 cm³/mol. The Morgan fingerprint density at radius 2 is 1.94 bits per heavy atom. The highest BCUT2D eigenvalue weighted by Crippen LogP contribution is 1.95. The number of nitrogens with one attached hydrogen (secondary N) is 2. The zero-order valence-electron chi connectivity index (χ0n) is 9.89. The Labute approximate surface area is 106 Å². The van der Waals surface area contributed by atoms with Crippen molar-refractivity contribution in [1.29, 1.82) is 0 Å². The fourth-order valence-corrected chi connectivity index (χ4v) is 2.18. The molecule has 0 aromatic heterocycles. The van der Waals surface area contributed by atoms with E-state index >= 15 is 0 Å². The molecule has 0 saturated heterocycles. The van der Waals surface area contributed by atoms with Crippen molar-refractivity contribution >= 4 is 33.5 Å². The third kappa shape index (κ3) is 8.83. The third-order valence-corrected chi connectivity index (χ3v) is 2.74. The number of thiocarbonyl (C=S) groups is 1. The normalized spacial score (nSPS) is 13.2. The molecule has 0 saturated carbocycles. The number of carbonyl (C=O) groups excluding carboxylic acids is 1. The molecule has 7 nitrogen and oxygen atoms in total. The molecular weight excluding hydrogens is 266 g/mol. The third-order valence-electron chi connectivity index (χ3n) is 1.42. The highest BCUT2D eigenvalue weighted by molar-refractivity contribution is 7.88. The van der Waals surface area contributed by atoms with E-state index < -0.39 is 28.4 Å². The van der Waals surface area contributed by atoms with Crippen LogP contribution in [0.5, 0.6) is 0 Å². The molecule has 0 aliphatic rings. The van der Waals surface area contributed by atoms with E-state index in [2.05, 4.69) is 21.7 Å². The maximum atomic E-state index is 11.4. The lowest BCUT2D eigenvalue weighted by Gasteiger charge is -2.14. The van der Waals surface area contributed by atoms with Gasteiger partial charge in [-0.1, -0.05) is 12.2 Å². The van der Waals surface area contributed by atoms with Crippen molar-refractivity contribution in [2.24, 2.45) is 5.73 Å². The van der Waals surface area contributed by atoms with Crippen LogP contribution < -0.4 is 15.2 Å². The molecule has 0 spiro atoms. The van der Waals surface area contributed by atoms with Crippen LogP contribution in [0.4, 0.5) is 4.79 Å². The second-order valence-corrected chi connectivity index (χ2v) is 5.72. The van der Waals surface area contributed by atoms with Crippen molar-refractivity contribution < 1.29 is 17.9 Å². The maximum absolute atomic E-state index is 11.4. The quantitative estimate of drug-likeness (QED) is 0.593. The Morgan fingerprint density at radius 1 is 1.41 bits per heavy atom. The number of amides is 1. The van der Waals surface area contributed by atoms with Gasteiger partial charge in [0.25, 0.3) is 0 Å². The van der Waals surface area contributed by atoms with Crippen LogP contribution in [0.25, 0.3) is 0 Å². The summed E-state index contributed by atoms with van der Waals surface area (Å²) in [6.45, 7) is 4.79. The van der Waals surface area contributed by atoms with E-state index in [4.69, 9.17) is 5.73 Å². The van der Waals surface area contributed by atoms with Gasteiger partial charge >= 0.3 is 16.3 Å². The molecule has 17 heavy (non-hydrogen) atoms. The van der Waals surface area contributed by atoms with E-state index in [9.17, 15) is 13.2 Å². The lowest BCUT2D eigenvalue weighted by Crippen LogP contribution is -2.45. The molecule has 0 aromatic carbocycles. The van der Waals surface area contributed by atoms with Crippen LogP contribution in [0.15, 0.2) is 0 Å². The van der Waals surface area contributed by atoms with Crippen LogP contribution in [-0.4, -0.2) is 31.6 Å². The molecule has 0 aromatic rings. The zero-order chi connectivity index (χ0) is 13.6. The van der Waals surface area contributed by atoms with Crippen LogP contribution in [0.1, 0.15) is 27.2 Å². The summed E-state index contributed by atoms with van der Waals surface area (Å²) < 4.78 is 31.3. The minimum absolute atomic E-state index is 0.185. The second kappa shape index (κ2) is 6.72. The SMILES string of the molecule is CC(CC(N)=S)NS(=O)(=O)NC(=O)OC(C)C. The van der Waals surface area contributed by atoms with E-state index in [1.165, 1.54) is 0 Å². The Balaban J connectivity index is 4.30. The van der Waals surface area contributed by atoms with Gasteiger partial charge in [0.05, 0.1) is 11.1 Å². The van der Waals surface area contributed by atoms with Gasteiger partial charge in [0.15, 0.2) is 0 Å². The van der Waals surface area contributed by atoms with Gasteiger partial charge in [-0.05, 0) is 20.8 Å². The Hall–Kier alpha value is -0.930. The summed E-state index contributed by atoms with van der Waals surface area (Å²) in [6, 6.07) is -0.503. The number of hydrogen-bond donors (Lipinski definition) is 3. The minimum atomic E-state index is -3.96. The summed E-state index contributed by atoms with van der Waals surface area (Å²) in [5.74, 6) is 0. The van der Waals surface area contributed by atoms with Gasteiger partial charge in [0, 0.05) is 12.5 Å². The van der Waals surface area contributed by atoms with Crippen LogP contribution in [0.3, 0.4) is 0 Å². The first-order valence-electron chi connectivity index (χ1n) is 4.91. The molecule has 0 radical (unpaired) electrons. The van der Waals surface area contributed by atoms with Gasteiger partial charge in [-0.15, -0.1) is 0 Å². The van der Waals surface area contributed by atoms with Crippen molar-refractivity contribution in [1.82, 2.24) is 9.44 Å². The molecule has 1 unspecified atom stereocenters. The Morgan fingerprint density at radius 3 is 2.35 bits per heavy atom. The molecule has 9 heteroatoms. The predicted octanol–water partition coefficient (Wildman–Crippen LogP) is 0.0201. The molecule has 0 heterocycles. The van der Waals surface area contributed by atoms with Crippen molar-refractivity contribution in [3.8, 4) is 0 Å². The summed E-state index contributed by atoms with van der Waals surface area (Å²) in [7, 11) is -3.96. The molecule has 4 N–H and O–H groups in total.